The maximum Gasteiger partial charge on any atom is 0.178 e. The molecule has 0 bridgehead atoms. The molecule has 1 aliphatic rings. The first-order chi connectivity index (χ1) is 6.77. The predicted octanol–water partition coefficient (Wildman–Crippen LogP) is 2.25. The van der Waals surface area contributed by atoms with E-state index in [2.05, 4.69) is 9.97 Å². The Morgan fingerprint density at radius 3 is 3.14 bits per heavy atom. The number of hydrogen-bond acceptors (Lipinski definition) is 4. The summed E-state index contributed by atoms with van der Waals surface area (Å²) in [5, 5.41) is 0.397. The number of carbonyl (C=O) groups excluding carboxylic acids is 1. The van der Waals surface area contributed by atoms with Gasteiger partial charge in [-0.3, -0.25) is 4.79 Å². The normalized spacial score (nSPS) is 21.1. The van der Waals surface area contributed by atoms with Crippen LogP contribution in [0.1, 0.15) is 41.3 Å². The molecule has 1 aromatic heterocycles. The molecule has 0 spiro atoms. The van der Waals surface area contributed by atoms with Crippen LogP contribution in [0.2, 0.25) is 0 Å². The fourth-order valence-corrected chi connectivity index (χ4v) is 2.72. The molecule has 1 atom stereocenters. The minimum Gasteiger partial charge on any atom is -0.293 e. The van der Waals surface area contributed by atoms with E-state index >= 15 is 0 Å². The Balaban J connectivity index is 2.25. The number of rotatable bonds is 2. The lowest BCUT2D eigenvalue weighted by Gasteiger charge is -2.06. The molecular weight excluding hydrogens is 196 g/mol. The quantitative estimate of drug-likeness (QED) is 0.699. The maximum atomic E-state index is 11.1. The maximum absolute atomic E-state index is 11.1. The fourth-order valence-electron chi connectivity index (χ4n) is 1.51. The van der Waals surface area contributed by atoms with E-state index < -0.39 is 0 Å². The van der Waals surface area contributed by atoms with Gasteiger partial charge in [0.15, 0.2) is 5.78 Å². The third-order valence-corrected chi connectivity index (χ3v) is 3.63. The van der Waals surface area contributed by atoms with E-state index in [-0.39, 0.29) is 5.78 Å². The minimum absolute atomic E-state index is 0.0108. The highest BCUT2D eigenvalue weighted by atomic mass is 32.2. The van der Waals surface area contributed by atoms with Crippen molar-refractivity contribution < 1.29 is 4.79 Å². The molecule has 0 N–H and O–H groups in total. The van der Waals surface area contributed by atoms with E-state index in [1.54, 1.807) is 12.3 Å². The Labute approximate surface area is 87.3 Å². The summed E-state index contributed by atoms with van der Waals surface area (Å²) in [5.74, 6) is 2.01. The molecule has 1 aliphatic heterocycles. The fraction of sp³-hybridized carbons (Fsp3) is 0.500. The van der Waals surface area contributed by atoms with Gasteiger partial charge < -0.3 is 0 Å². The highest BCUT2D eigenvalue weighted by Gasteiger charge is 2.20. The Bertz CT molecular complexity index is 348. The first-order valence-corrected chi connectivity index (χ1v) is 5.78. The van der Waals surface area contributed by atoms with Crippen LogP contribution >= 0.6 is 11.8 Å². The molecule has 0 aromatic carbocycles. The summed E-state index contributed by atoms with van der Waals surface area (Å²) in [7, 11) is 0. The summed E-state index contributed by atoms with van der Waals surface area (Å²) in [6.45, 7) is 1.54. The van der Waals surface area contributed by atoms with E-state index in [9.17, 15) is 4.79 Å². The van der Waals surface area contributed by atoms with E-state index in [0.717, 1.165) is 12.2 Å². The largest absolute Gasteiger partial charge is 0.293 e. The molecule has 0 saturated carbocycles. The Hall–Kier alpha value is -0.900. The summed E-state index contributed by atoms with van der Waals surface area (Å²) in [6.07, 6.45) is 4.03. The zero-order valence-electron chi connectivity index (χ0n) is 8.06. The molecular formula is C10H12N2OS. The van der Waals surface area contributed by atoms with E-state index in [1.165, 1.54) is 19.1 Å². The van der Waals surface area contributed by atoms with Gasteiger partial charge in [0.1, 0.15) is 11.5 Å². The molecule has 1 aromatic rings. The second kappa shape index (κ2) is 4.09. The lowest BCUT2D eigenvalue weighted by Crippen LogP contribution is -2.04. The molecule has 2 heterocycles. The minimum atomic E-state index is 0.0108. The number of carbonyl (C=O) groups is 1. The topological polar surface area (TPSA) is 42.9 Å². The standard InChI is InChI=1S/C10H12N2OS/c1-7(13)8-4-5-11-10(12-8)9-3-2-6-14-9/h4-5,9H,2-3,6H2,1H3. The molecule has 4 heteroatoms. The van der Waals surface area contributed by atoms with Gasteiger partial charge in [-0.15, -0.1) is 0 Å². The third kappa shape index (κ3) is 1.95. The average Bonchev–Trinajstić information content (AvgIpc) is 2.71. The van der Waals surface area contributed by atoms with Crippen LogP contribution < -0.4 is 0 Å². The van der Waals surface area contributed by atoms with Crippen LogP contribution in [0.15, 0.2) is 12.3 Å². The number of ketones is 1. The van der Waals surface area contributed by atoms with Crippen molar-refractivity contribution in [2.75, 3.05) is 5.75 Å². The summed E-state index contributed by atoms with van der Waals surface area (Å²) in [6, 6.07) is 1.67. The first-order valence-electron chi connectivity index (χ1n) is 4.73. The predicted molar refractivity (Wildman–Crippen MR) is 56.5 cm³/mol. The van der Waals surface area contributed by atoms with Crippen molar-refractivity contribution in [2.45, 2.75) is 25.0 Å². The Kier molecular flexibility index (Phi) is 2.82. The number of nitrogens with zero attached hydrogens (tertiary/aromatic N) is 2. The van der Waals surface area contributed by atoms with Gasteiger partial charge in [-0.2, -0.15) is 11.8 Å². The van der Waals surface area contributed by atoms with Crippen molar-refractivity contribution in [3.8, 4) is 0 Å². The van der Waals surface area contributed by atoms with Gasteiger partial charge in [-0.1, -0.05) is 0 Å². The van der Waals surface area contributed by atoms with Crippen LogP contribution in [0, 0.1) is 0 Å². The smallest absolute Gasteiger partial charge is 0.178 e. The summed E-state index contributed by atoms with van der Waals surface area (Å²) >= 11 is 1.88. The summed E-state index contributed by atoms with van der Waals surface area (Å²) < 4.78 is 0. The van der Waals surface area contributed by atoms with Crippen LogP contribution in [0.4, 0.5) is 0 Å². The first kappa shape index (κ1) is 9.65. The van der Waals surface area contributed by atoms with Crippen molar-refractivity contribution in [2.24, 2.45) is 0 Å². The van der Waals surface area contributed by atoms with E-state index in [1.807, 2.05) is 11.8 Å². The molecule has 1 saturated heterocycles. The molecule has 1 unspecified atom stereocenters. The van der Waals surface area contributed by atoms with Gasteiger partial charge in [-0.05, 0) is 24.7 Å². The number of thioether (sulfide) groups is 1. The lowest BCUT2D eigenvalue weighted by atomic mass is 10.2. The lowest BCUT2D eigenvalue weighted by molar-refractivity contribution is 0.101. The molecule has 2 rings (SSSR count). The zero-order valence-corrected chi connectivity index (χ0v) is 8.88. The Morgan fingerprint density at radius 2 is 2.50 bits per heavy atom. The molecule has 1 fully saturated rings. The molecule has 3 nitrogen and oxygen atoms in total. The molecule has 0 radical (unpaired) electrons. The zero-order chi connectivity index (χ0) is 9.97. The second-order valence-electron chi connectivity index (χ2n) is 3.36. The van der Waals surface area contributed by atoms with Gasteiger partial charge >= 0.3 is 0 Å². The number of Topliss-reactive ketones (excluding diaryl/α,β-unsaturated/α-hetero) is 1. The van der Waals surface area contributed by atoms with Crippen LogP contribution in [-0.2, 0) is 0 Å². The second-order valence-corrected chi connectivity index (χ2v) is 4.67. The SMILES string of the molecule is CC(=O)c1ccnc(C2CCCS2)n1. The molecule has 74 valence electrons. The van der Waals surface area contributed by atoms with Gasteiger partial charge in [0.2, 0.25) is 0 Å². The van der Waals surface area contributed by atoms with E-state index in [0.29, 0.717) is 10.9 Å². The number of hydrogen-bond donors (Lipinski definition) is 0. The molecule has 0 amide bonds. The third-order valence-electron chi connectivity index (χ3n) is 2.25. The van der Waals surface area contributed by atoms with Crippen molar-refractivity contribution in [3.05, 3.63) is 23.8 Å². The van der Waals surface area contributed by atoms with Crippen LogP contribution in [0.25, 0.3) is 0 Å². The van der Waals surface area contributed by atoms with Gasteiger partial charge in [0.25, 0.3) is 0 Å². The van der Waals surface area contributed by atoms with Crippen molar-refractivity contribution in [1.82, 2.24) is 9.97 Å². The van der Waals surface area contributed by atoms with Crippen molar-refractivity contribution in [1.29, 1.82) is 0 Å². The van der Waals surface area contributed by atoms with Crippen molar-refractivity contribution >= 4 is 17.5 Å². The molecule has 0 aliphatic carbocycles. The monoisotopic (exact) mass is 208 g/mol. The Morgan fingerprint density at radius 1 is 1.64 bits per heavy atom. The van der Waals surface area contributed by atoms with Crippen LogP contribution in [-0.4, -0.2) is 21.5 Å². The van der Waals surface area contributed by atoms with Gasteiger partial charge in [-0.25, -0.2) is 9.97 Å². The van der Waals surface area contributed by atoms with E-state index in [4.69, 9.17) is 0 Å². The van der Waals surface area contributed by atoms with Gasteiger partial charge in [0.05, 0.1) is 5.25 Å². The van der Waals surface area contributed by atoms with Crippen molar-refractivity contribution in [3.63, 3.8) is 0 Å². The average molecular weight is 208 g/mol. The summed E-state index contributed by atoms with van der Waals surface area (Å²) in [4.78, 5) is 19.6. The molecule has 14 heavy (non-hydrogen) atoms. The highest BCUT2D eigenvalue weighted by Crippen LogP contribution is 2.37. The summed E-state index contributed by atoms with van der Waals surface area (Å²) in [5.41, 5.74) is 0.530. The van der Waals surface area contributed by atoms with Crippen LogP contribution in [0.5, 0.6) is 0 Å². The van der Waals surface area contributed by atoms with Gasteiger partial charge in [0, 0.05) is 13.1 Å². The highest BCUT2D eigenvalue weighted by molar-refractivity contribution is 7.99. The number of aromatic nitrogens is 2. The van der Waals surface area contributed by atoms with Crippen LogP contribution in [0.3, 0.4) is 0 Å².